The molecular formula is C22H20O6. The summed E-state index contributed by atoms with van der Waals surface area (Å²) in [5.74, 6) is 1.14. The predicted molar refractivity (Wildman–Crippen MR) is 102 cm³/mol. The highest BCUT2D eigenvalue weighted by atomic mass is 16.5. The first-order valence-electron chi connectivity index (χ1n) is 8.68. The normalized spacial score (nSPS) is 10.4. The van der Waals surface area contributed by atoms with E-state index in [-0.39, 0.29) is 24.8 Å². The second kappa shape index (κ2) is 8.90. The van der Waals surface area contributed by atoms with Crippen LogP contribution in [0.3, 0.4) is 0 Å². The number of carbonyl (C=O) groups excluding carboxylic acids is 2. The van der Waals surface area contributed by atoms with Crippen LogP contribution in [0.15, 0.2) is 65.1 Å². The molecule has 0 amide bonds. The van der Waals surface area contributed by atoms with Gasteiger partial charge in [-0.05, 0) is 49.4 Å². The van der Waals surface area contributed by atoms with Crippen molar-refractivity contribution in [1.82, 2.24) is 0 Å². The van der Waals surface area contributed by atoms with Gasteiger partial charge < -0.3 is 18.6 Å². The van der Waals surface area contributed by atoms with Crippen molar-refractivity contribution in [1.29, 1.82) is 0 Å². The molecule has 0 saturated carbocycles. The Morgan fingerprint density at radius 2 is 1.75 bits per heavy atom. The molecule has 2 aromatic carbocycles. The number of methoxy groups -OCH3 is 1. The lowest BCUT2D eigenvalue weighted by molar-refractivity contribution is 0.0429. The fourth-order valence-corrected chi connectivity index (χ4v) is 2.56. The summed E-state index contributed by atoms with van der Waals surface area (Å²) in [7, 11) is 1.51. The average Bonchev–Trinajstić information content (AvgIpc) is 3.20. The lowest BCUT2D eigenvalue weighted by Gasteiger charge is -2.10. The zero-order valence-electron chi connectivity index (χ0n) is 15.6. The van der Waals surface area contributed by atoms with E-state index in [1.165, 1.54) is 20.1 Å². The molecule has 0 fully saturated rings. The monoisotopic (exact) mass is 380 g/mol. The van der Waals surface area contributed by atoms with Crippen molar-refractivity contribution in [2.75, 3.05) is 7.11 Å². The Labute approximate surface area is 162 Å². The minimum Gasteiger partial charge on any atom is -0.496 e. The molecule has 6 heteroatoms. The molecule has 0 bridgehead atoms. The summed E-state index contributed by atoms with van der Waals surface area (Å²) in [5, 5.41) is 0. The zero-order chi connectivity index (χ0) is 19.9. The van der Waals surface area contributed by atoms with Crippen LogP contribution in [-0.2, 0) is 18.0 Å². The van der Waals surface area contributed by atoms with Crippen molar-refractivity contribution < 1.29 is 28.2 Å². The van der Waals surface area contributed by atoms with E-state index in [1.54, 1.807) is 24.3 Å². The lowest BCUT2D eigenvalue weighted by Crippen LogP contribution is -2.06. The van der Waals surface area contributed by atoms with Crippen LogP contribution in [0.4, 0.5) is 0 Å². The fraction of sp³-hybridized carbons (Fsp3) is 0.182. The number of furan rings is 1. The van der Waals surface area contributed by atoms with Gasteiger partial charge in [0.05, 0.1) is 7.11 Å². The number of hydrogen-bond acceptors (Lipinski definition) is 6. The van der Waals surface area contributed by atoms with E-state index in [2.05, 4.69) is 0 Å². The van der Waals surface area contributed by atoms with E-state index in [9.17, 15) is 9.59 Å². The molecule has 0 aliphatic carbocycles. The van der Waals surface area contributed by atoms with Crippen LogP contribution >= 0.6 is 0 Å². The Bertz CT molecular complexity index is 958. The van der Waals surface area contributed by atoms with E-state index < -0.39 is 5.97 Å². The Hall–Kier alpha value is -3.54. The van der Waals surface area contributed by atoms with Gasteiger partial charge in [0.1, 0.15) is 30.5 Å². The van der Waals surface area contributed by atoms with Crippen LogP contribution < -0.4 is 9.47 Å². The molecular weight excluding hydrogens is 360 g/mol. The molecule has 1 heterocycles. The molecule has 0 saturated heterocycles. The van der Waals surface area contributed by atoms with Gasteiger partial charge in [0.2, 0.25) is 5.76 Å². The molecule has 0 N–H and O–H groups in total. The number of esters is 1. The number of benzene rings is 2. The van der Waals surface area contributed by atoms with Crippen molar-refractivity contribution in [3.63, 3.8) is 0 Å². The van der Waals surface area contributed by atoms with Crippen LogP contribution in [0.2, 0.25) is 0 Å². The van der Waals surface area contributed by atoms with Crippen molar-refractivity contribution in [3.8, 4) is 11.5 Å². The van der Waals surface area contributed by atoms with Crippen molar-refractivity contribution in [3.05, 3.63) is 83.3 Å². The number of Topliss-reactive ketones (excluding diaryl/α,β-unsaturated/α-hetero) is 1. The number of ketones is 1. The van der Waals surface area contributed by atoms with Gasteiger partial charge in [-0.3, -0.25) is 4.79 Å². The van der Waals surface area contributed by atoms with Crippen molar-refractivity contribution in [2.24, 2.45) is 0 Å². The summed E-state index contributed by atoms with van der Waals surface area (Å²) < 4.78 is 21.6. The Kier molecular flexibility index (Phi) is 6.11. The Morgan fingerprint density at radius 1 is 0.964 bits per heavy atom. The second-order valence-electron chi connectivity index (χ2n) is 6.03. The molecule has 28 heavy (non-hydrogen) atoms. The minimum absolute atomic E-state index is 0.0420. The summed E-state index contributed by atoms with van der Waals surface area (Å²) in [6, 6.07) is 17.5. The summed E-state index contributed by atoms with van der Waals surface area (Å²) >= 11 is 0. The summed E-state index contributed by atoms with van der Waals surface area (Å²) in [5.41, 5.74) is 1.12. The molecule has 3 aromatic rings. The van der Waals surface area contributed by atoms with E-state index in [1.807, 2.05) is 30.3 Å². The smallest absolute Gasteiger partial charge is 0.374 e. The van der Waals surface area contributed by atoms with E-state index in [0.717, 1.165) is 0 Å². The third-order valence-corrected chi connectivity index (χ3v) is 4.03. The first kappa shape index (κ1) is 19.2. The number of para-hydroxylation sites is 1. The van der Waals surface area contributed by atoms with E-state index in [4.69, 9.17) is 18.6 Å². The topological polar surface area (TPSA) is 75.0 Å². The highest BCUT2D eigenvalue weighted by Crippen LogP contribution is 2.22. The van der Waals surface area contributed by atoms with Crippen LogP contribution in [0.25, 0.3) is 0 Å². The average molecular weight is 380 g/mol. The van der Waals surface area contributed by atoms with Crippen molar-refractivity contribution in [2.45, 2.75) is 20.1 Å². The first-order valence-corrected chi connectivity index (χ1v) is 8.68. The standard InChI is InChI=1S/C22H20O6/c1-15(23)16-8-10-20(25-2)17(12-16)13-27-22(24)21-11-9-19(28-21)14-26-18-6-4-3-5-7-18/h3-12H,13-14H2,1-2H3. The molecule has 0 spiro atoms. The maximum Gasteiger partial charge on any atom is 0.374 e. The maximum atomic E-state index is 12.3. The number of carbonyl (C=O) groups is 2. The van der Waals surface area contributed by atoms with Crippen molar-refractivity contribution >= 4 is 11.8 Å². The summed E-state index contributed by atoms with van der Waals surface area (Å²) in [4.78, 5) is 23.8. The lowest BCUT2D eigenvalue weighted by atomic mass is 10.1. The van der Waals surface area contributed by atoms with Gasteiger partial charge in [-0.15, -0.1) is 0 Å². The van der Waals surface area contributed by atoms with Gasteiger partial charge in [-0.2, -0.15) is 0 Å². The number of ether oxygens (including phenoxy) is 3. The van der Waals surface area contributed by atoms with Crippen LogP contribution in [-0.4, -0.2) is 18.9 Å². The highest BCUT2D eigenvalue weighted by Gasteiger charge is 2.15. The van der Waals surface area contributed by atoms with Gasteiger partial charge in [-0.25, -0.2) is 4.79 Å². The van der Waals surface area contributed by atoms with Gasteiger partial charge in [0.15, 0.2) is 5.78 Å². The highest BCUT2D eigenvalue weighted by molar-refractivity contribution is 5.94. The third-order valence-electron chi connectivity index (χ3n) is 4.03. The molecule has 1 aromatic heterocycles. The molecule has 144 valence electrons. The maximum absolute atomic E-state index is 12.3. The number of rotatable bonds is 8. The van der Waals surface area contributed by atoms with Crippen LogP contribution in [0.1, 0.15) is 39.2 Å². The molecule has 0 atom stereocenters. The molecule has 0 radical (unpaired) electrons. The van der Waals surface area contributed by atoms with E-state index in [0.29, 0.717) is 28.4 Å². The Balaban J connectivity index is 1.60. The fourth-order valence-electron chi connectivity index (χ4n) is 2.56. The molecule has 6 nitrogen and oxygen atoms in total. The summed E-state index contributed by atoms with van der Waals surface area (Å²) in [6.45, 7) is 1.63. The SMILES string of the molecule is COc1ccc(C(C)=O)cc1COC(=O)c1ccc(COc2ccccc2)o1. The van der Waals surface area contributed by atoms with Gasteiger partial charge in [-0.1, -0.05) is 18.2 Å². The van der Waals surface area contributed by atoms with Crippen LogP contribution in [0, 0.1) is 0 Å². The molecule has 0 aliphatic heterocycles. The third kappa shape index (κ3) is 4.79. The second-order valence-corrected chi connectivity index (χ2v) is 6.03. The zero-order valence-corrected chi connectivity index (χ0v) is 15.6. The molecule has 0 aliphatic rings. The van der Waals surface area contributed by atoms with Gasteiger partial charge in [0.25, 0.3) is 0 Å². The summed E-state index contributed by atoms with van der Waals surface area (Å²) in [6.07, 6.45) is 0. The Morgan fingerprint density at radius 3 is 2.46 bits per heavy atom. The van der Waals surface area contributed by atoms with Gasteiger partial charge in [0, 0.05) is 11.1 Å². The minimum atomic E-state index is -0.610. The molecule has 3 rings (SSSR count). The largest absolute Gasteiger partial charge is 0.496 e. The van der Waals surface area contributed by atoms with Gasteiger partial charge >= 0.3 is 5.97 Å². The quantitative estimate of drug-likeness (QED) is 0.425. The first-order chi connectivity index (χ1) is 13.6. The molecule has 0 unspecified atom stereocenters. The number of hydrogen-bond donors (Lipinski definition) is 0. The van der Waals surface area contributed by atoms with Crippen LogP contribution in [0.5, 0.6) is 11.5 Å². The van der Waals surface area contributed by atoms with E-state index >= 15 is 0 Å². The predicted octanol–water partition coefficient (Wildman–Crippen LogP) is 4.43.